The standard InChI is InChI=1S/C10H19O5/c1-9(15-10(2)12)3-5-13-7-8-14-6-4-11/h9,11H,1,3-8H2,2H3. The summed E-state index contributed by atoms with van der Waals surface area (Å²) in [6.07, 6.45) is 0.209. The molecule has 0 rings (SSSR count). The van der Waals surface area contributed by atoms with Gasteiger partial charge in [-0.1, -0.05) is 0 Å². The second-order valence-corrected chi connectivity index (χ2v) is 2.97. The third kappa shape index (κ3) is 11.3. The highest BCUT2D eigenvalue weighted by molar-refractivity contribution is 5.66. The minimum absolute atomic E-state index is 0.0212. The van der Waals surface area contributed by atoms with Gasteiger partial charge in [0.25, 0.3) is 0 Å². The molecule has 15 heavy (non-hydrogen) atoms. The van der Waals surface area contributed by atoms with Crippen LogP contribution in [0.1, 0.15) is 13.3 Å². The minimum atomic E-state index is -0.360. The van der Waals surface area contributed by atoms with Crippen molar-refractivity contribution in [3.05, 3.63) is 6.92 Å². The Bertz CT molecular complexity index is 160. The number of aliphatic hydroxyl groups is 1. The zero-order chi connectivity index (χ0) is 11.5. The lowest BCUT2D eigenvalue weighted by molar-refractivity contribution is -0.145. The highest BCUT2D eigenvalue weighted by Gasteiger charge is 2.04. The molecule has 0 aliphatic carbocycles. The molecule has 0 aromatic carbocycles. The molecule has 5 heteroatoms. The first-order chi connectivity index (χ1) is 7.16. The number of esters is 1. The van der Waals surface area contributed by atoms with Crippen LogP contribution in [-0.2, 0) is 19.0 Å². The van der Waals surface area contributed by atoms with Gasteiger partial charge in [-0.15, -0.1) is 0 Å². The van der Waals surface area contributed by atoms with Crippen LogP contribution in [0.3, 0.4) is 0 Å². The molecule has 0 aromatic heterocycles. The first kappa shape index (κ1) is 14.3. The van der Waals surface area contributed by atoms with E-state index in [2.05, 4.69) is 6.92 Å². The number of rotatable bonds is 9. The van der Waals surface area contributed by atoms with Crippen LogP contribution in [0.4, 0.5) is 0 Å². The molecular weight excluding hydrogens is 200 g/mol. The van der Waals surface area contributed by atoms with Crippen LogP contribution in [0.2, 0.25) is 0 Å². The molecule has 0 amide bonds. The molecule has 0 saturated carbocycles. The summed E-state index contributed by atoms with van der Waals surface area (Å²) in [4.78, 5) is 10.5. The van der Waals surface area contributed by atoms with Gasteiger partial charge in [0.1, 0.15) is 6.10 Å². The van der Waals surface area contributed by atoms with E-state index in [0.717, 1.165) is 0 Å². The van der Waals surface area contributed by atoms with E-state index in [-0.39, 0.29) is 18.7 Å². The maximum absolute atomic E-state index is 10.5. The molecule has 5 nitrogen and oxygen atoms in total. The molecule has 0 saturated heterocycles. The van der Waals surface area contributed by atoms with Gasteiger partial charge >= 0.3 is 5.97 Å². The molecule has 0 bridgehead atoms. The van der Waals surface area contributed by atoms with Gasteiger partial charge in [0.15, 0.2) is 0 Å². The molecule has 1 radical (unpaired) electrons. The number of ether oxygens (including phenoxy) is 3. The molecule has 1 N–H and O–H groups in total. The second-order valence-electron chi connectivity index (χ2n) is 2.97. The minimum Gasteiger partial charge on any atom is -0.462 e. The van der Waals surface area contributed by atoms with E-state index >= 15 is 0 Å². The SMILES string of the molecule is [CH2]C(CCOCCOCCO)OC(C)=O. The van der Waals surface area contributed by atoms with Gasteiger partial charge in [-0.3, -0.25) is 4.79 Å². The Morgan fingerprint density at radius 1 is 1.27 bits per heavy atom. The van der Waals surface area contributed by atoms with Crippen LogP contribution < -0.4 is 0 Å². The van der Waals surface area contributed by atoms with Crippen molar-refractivity contribution in [1.29, 1.82) is 0 Å². The van der Waals surface area contributed by atoms with Crippen molar-refractivity contribution >= 4 is 5.97 Å². The first-order valence-electron chi connectivity index (χ1n) is 4.93. The number of carbonyl (C=O) groups excluding carboxylic acids is 1. The van der Waals surface area contributed by atoms with Crippen molar-refractivity contribution in [2.45, 2.75) is 19.4 Å². The highest BCUT2D eigenvalue weighted by atomic mass is 16.5. The van der Waals surface area contributed by atoms with Gasteiger partial charge in [0, 0.05) is 13.3 Å². The van der Waals surface area contributed by atoms with Crippen molar-refractivity contribution in [3.63, 3.8) is 0 Å². The van der Waals surface area contributed by atoms with Crippen LogP contribution in [0.25, 0.3) is 0 Å². The predicted molar refractivity (Wildman–Crippen MR) is 54.3 cm³/mol. The number of carbonyl (C=O) groups is 1. The molecule has 0 aromatic rings. The van der Waals surface area contributed by atoms with Gasteiger partial charge in [-0.05, 0) is 6.92 Å². The molecular formula is C10H19O5. The van der Waals surface area contributed by atoms with E-state index in [1.54, 1.807) is 0 Å². The lowest BCUT2D eigenvalue weighted by Gasteiger charge is -2.11. The summed E-state index contributed by atoms with van der Waals surface area (Å²) in [6.45, 7) is 6.73. The quantitative estimate of drug-likeness (QED) is 0.442. The van der Waals surface area contributed by atoms with E-state index in [1.165, 1.54) is 6.92 Å². The van der Waals surface area contributed by atoms with Crippen molar-refractivity contribution in [2.24, 2.45) is 0 Å². The van der Waals surface area contributed by atoms with E-state index in [1.807, 2.05) is 0 Å². The van der Waals surface area contributed by atoms with E-state index in [9.17, 15) is 4.79 Å². The second kappa shape index (κ2) is 9.89. The molecule has 0 aliphatic heterocycles. The van der Waals surface area contributed by atoms with Crippen molar-refractivity contribution < 1.29 is 24.1 Å². The first-order valence-corrected chi connectivity index (χ1v) is 4.93. The van der Waals surface area contributed by atoms with Gasteiger partial charge in [0.2, 0.25) is 0 Å². The van der Waals surface area contributed by atoms with Gasteiger partial charge < -0.3 is 19.3 Å². The molecule has 1 atom stereocenters. The van der Waals surface area contributed by atoms with E-state index in [4.69, 9.17) is 19.3 Å². The Balaban J connectivity index is 3.13. The predicted octanol–water partition coefficient (Wildman–Crippen LogP) is 0.168. The Labute approximate surface area is 90.3 Å². The Hall–Kier alpha value is -0.650. The van der Waals surface area contributed by atoms with Crippen molar-refractivity contribution in [1.82, 2.24) is 0 Å². The average molecular weight is 219 g/mol. The fourth-order valence-corrected chi connectivity index (χ4v) is 0.895. The summed E-state index contributed by atoms with van der Waals surface area (Å²) in [5.41, 5.74) is 0. The van der Waals surface area contributed by atoms with Crippen LogP contribution in [0, 0.1) is 6.92 Å². The average Bonchev–Trinajstić information content (AvgIpc) is 2.15. The number of hydrogen-bond acceptors (Lipinski definition) is 5. The fourth-order valence-electron chi connectivity index (χ4n) is 0.895. The van der Waals surface area contributed by atoms with Crippen molar-refractivity contribution in [3.8, 4) is 0 Å². The maximum Gasteiger partial charge on any atom is 0.302 e. The summed E-state index contributed by atoms with van der Waals surface area (Å²) >= 11 is 0. The normalized spacial score (nSPS) is 12.5. The lowest BCUT2D eigenvalue weighted by atomic mass is 10.3. The number of aliphatic hydroxyl groups excluding tert-OH is 1. The van der Waals surface area contributed by atoms with Crippen LogP contribution >= 0.6 is 0 Å². The monoisotopic (exact) mass is 219 g/mol. The van der Waals surface area contributed by atoms with Crippen LogP contribution in [-0.4, -0.2) is 50.2 Å². The number of hydrogen-bond donors (Lipinski definition) is 1. The van der Waals surface area contributed by atoms with E-state index < -0.39 is 0 Å². The van der Waals surface area contributed by atoms with Gasteiger partial charge in [0.05, 0.1) is 33.0 Å². The zero-order valence-electron chi connectivity index (χ0n) is 9.11. The third-order valence-electron chi connectivity index (χ3n) is 1.52. The van der Waals surface area contributed by atoms with E-state index in [0.29, 0.717) is 32.8 Å². The molecule has 89 valence electrons. The third-order valence-corrected chi connectivity index (χ3v) is 1.52. The molecule has 0 fully saturated rings. The Kier molecular flexibility index (Phi) is 9.46. The Morgan fingerprint density at radius 2 is 1.87 bits per heavy atom. The Morgan fingerprint density at radius 3 is 2.40 bits per heavy atom. The molecule has 0 spiro atoms. The van der Waals surface area contributed by atoms with Crippen LogP contribution in [0.15, 0.2) is 0 Å². The zero-order valence-corrected chi connectivity index (χ0v) is 9.11. The van der Waals surface area contributed by atoms with Gasteiger partial charge in [-0.25, -0.2) is 0 Å². The molecule has 0 aliphatic rings. The summed E-state index contributed by atoms with van der Waals surface area (Å²) in [6, 6.07) is 0. The summed E-state index contributed by atoms with van der Waals surface area (Å²) in [7, 11) is 0. The lowest BCUT2D eigenvalue weighted by Crippen LogP contribution is -2.16. The highest BCUT2D eigenvalue weighted by Crippen LogP contribution is 1.97. The fraction of sp³-hybridized carbons (Fsp3) is 0.800. The topological polar surface area (TPSA) is 65.0 Å². The van der Waals surface area contributed by atoms with Crippen molar-refractivity contribution in [2.75, 3.05) is 33.0 Å². The summed E-state index contributed by atoms with van der Waals surface area (Å²) < 4.78 is 15.0. The summed E-state index contributed by atoms with van der Waals surface area (Å²) in [5.74, 6) is -0.332. The van der Waals surface area contributed by atoms with Crippen LogP contribution in [0.5, 0.6) is 0 Å². The molecule has 1 unspecified atom stereocenters. The van der Waals surface area contributed by atoms with Gasteiger partial charge in [-0.2, -0.15) is 0 Å². The largest absolute Gasteiger partial charge is 0.462 e. The smallest absolute Gasteiger partial charge is 0.302 e. The molecule has 0 heterocycles. The summed E-state index contributed by atoms with van der Waals surface area (Å²) in [5, 5.41) is 8.40. The maximum atomic E-state index is 10.5.